The number of ether oxygens (including phenoxy) is 1. The van der Waals surface area contributed by atoms with Crippen LogP contribution in [0.5, 0.6) is 5.19 Å². The first kappa shape index (κ1) is 23.9. The van der Waals surface area contributed by atoms with E-state index >= 15 is 0 Å². The van der Waals surface area contributed by atoms with Gasteiger partial charge in [-0.3, -0.25) is 0 Å². The summed E-state index contributed by atoms with van der Waals surface area (Å²) in [6.45, 7) is 0. The van der Waals surface area contributed by atoms with E-state index < -0.39 is 5.60 Å². The van der Waals surface area contributed by atoms with Gasteiger partial charge in [0.2, 0.25) is 0 Å². The molecule has 0 bridgehead atoms. The van der Waals surface area contributed by atoms with Crippen molar-refractivity contribution in [3.8, 4) is 16.5 Å². The third kappa shape index (κ3) is 4.06. The third-order valence-corrected chi connectivity index (χ3v) is 9.82. The standard InChI is InChI=1S/C28H25Cl2FN2O3S/c29-17-3-1-4-18(30)21(17)24-22(25(36-33-24)15-7-8-15)28(34)13-27(14-28)11-9-16(10-12-27)35-26-32-23-19(31)5-2-6-20(23)37-26/h1-6,15-16,34H,7-14H2. The summed E-state index contributed by atoms with van der Waals surface area (Å²) in [6.07, 6.45) is 7.05. The Labute approximate surface area is 227 Å². The predicted octanol–water partition coefficient (Wildman–Crippen LogP) is 8.26. The smallest absolute Gasteiger partial charge is 0.274 e. The minimum Gasteiger partial charge on any atom is -0.467 e. The largest absolute Gasteiger partial charge is 0.467 e. The van der Waals surface area contributed by atoms with E-state index in [0.717, 1.165) is 54.5 Å². The molecule has 0 atom stereocenters. The van der Waals surface area contributed by atoms with Gasteiger partial charge in [0, 0.05) is 11.5 Å². The van der Waals surface area contributed by atoms with Crippen LogP contribution in [0.3, 0.4) is 0 Å². The number of hydrogen-bond donors (Lipinski definition) is 1. The first-order chi connectivity index (χ1) is 17.8. The van der Waals surface area contributed by atoms with E-state index in [0.29, 0.717) is 50.8 Å². The molecule has 2 heterocycles. The Morgan fingerprint density at radius 1 is 1.03 bits per heavy atom. The minimum absolute atomic E-state index is 0.0399. The van der Waals surface area contributed by atoms with Gasteiger partial charge in [-0.25, -0.2) is 4.39 Å². The van der Waals surface area contributed by atoms with Crippen molar-refractivity contribution >= 4 is 44.8 Å². The summed E-state index contributed by atoms with van der Waals surface area (Å²) < 4.78 is 26.8. The number of hydrogen-bond acceptors (Lipinski definition) is 6. The van der Waals surface area contributed by atoms with Crippen molar-refractivity contribution in [2.75, 3.05) is 0 Å². The molecule has 192 valence electrons. The molecule has 0 unspecified atom stereocenters. The van der Waals surface area contributed by atoms with Gasteiger partial charge in [0.05, 0.1) is 25.9 Å². The van der Waals surface area contributed by atoms with Crippen molar-refractivity contribution < 1.29 is 18.8 Å². The highest BCUT2D eigenvalue weighted by Gasteiger charge is 2.58. The Morgan fingerprint density at radius 2 is 1.73 bits per heavy atom. The van der Waals surface area contributed by atoms with Gasteiger partial charge in [0.1, 0.15) is 28.9 Å². The summed E-state index contributed by atoms with van der Waals surface area (Å²) in [7, 11) is 0. The van der Waals surface area contributed by atoms with E-state index in [4.69, 9.17) is 32.5 Å². The summed E-state index contributed by atoms with van der Waals surface area (Å²) in [5.74, 6) is 0.751. The topological polar surface area (TPSA) is 68.4 Å². The summed E-state index contributed by atoms with van der Waals surface area (Å²) in [5, 5.41) is 17.8. The highest BCUT2D eigenvalue weighted by Crippen LogP contribution is 2.64. The van der Waals surface area contributed by atoms with Crippen LogP contribution in [0.2, 0.25) is 10.0 Å². The van der Waals surface area contributed by atoms with E-state index in [1.54, 1.807) is 24.3 Å². The van der Waals surface area contributed by atoms with Crippen molar-refractivity contribution in [1.29, 1.82) is 0 Å². The van der Waals surface area contributed by atoms with Crippen LogP contribution in [0.15, 0.2) is 40.9 Å². The average Bonchev–Trinajstić information content (AvgIpc) is 3.46. The normalized spacial score (nSPS) is 27.5. The summed E-state index contributed by atoms with van der Waals surface area (Å²) in [6, 6.07) is 10.3. The van der Waals surface area contributed by atoms with Crippen LogP contribution in [0.4, 0.5) is 4.39 Å². The average molecular weight is 559 g/mol. The number of rotatable bonds is 5. The van der Waals surface area contributed by atoms with Crippen molar-refractivity contribution in [2.24, 2.45) is 5.41 Å². The maximum atomic E-state index is 14.0. The van der Waals surface area contributed by atoms with E-state index in [9.17, 15) is 9.50 Å². The molecule has 0 radical (unpaired) electrons. The van der Waals surface area contributed by atoms with Crippen LogP contribution in [0.25, 0.3) is 21.5 Å². The van der Waals surface area contributed by atoms with Crippen LogP contribution in [0.1, 0.15) is 68.6 Å². The SMILES string of the molecule is OC1(c2c(-c3c(Cl)cccc3Cl)noc2C2CC2)CC2(CCC(Oc3nc4c(F)cccc4s3)CC2)C1. The zero-order valence-electron chi connectivity index (χ0n) is 20.0. The molecule has 3 aliphatic carbocycles. The molecular weight excluding hydrogens is 534 g/mol. The van der Waals surface area contributed by atoms with Gasteiger partial charge in [0.25, 0.3) is 5.19 Å². The van der Waals surface area contributed by atoms with Crippen molar-refractivity contribution in [3.05, 3.63) is 63.6 Å². The molecule has 2 aromatic heterocycles. The van der Waals surface area contributed by atoms with E-state index in [-0.39, 0.29) is 17.3 Å². The monoisotopic (exact) mass is 558 g/mol. The number of fused-ring (bicyclic) bond motifs is 1. The first-order valence-electron chi connectivity index (χ1n) is 12.7. The van der Waals surface area contributed by atoms with Gasteiger partial charge < -0.3 is 14.4 Å². The Balaban J connectivity index is 1.09. The molecule has 7 rings (SSSR count). The Kier molecular flexibility index (Phi) is 5.60. The lowest BCUT2D eigenvalue weighted by Crippen LogP contribution is -2.52. The van der Waals surface area contributed by atoms with E-state index in [1.165, 1.54) is 17.4 Å². The molecule has 1 spiro atoms. The van der Waals surface area contributed by atoms with E-state index in [1.807, 2.05) is 6.07 Å². The molecule has 3 fully saturated rings. The minimum atomic E-state index is -1.02. The molecule has 0 saturated heterocycles. The molecule has 2 aromatic carbocycles. The van der Waals surface area contributed by atoms with Crippen LogP contribution in [0, 0.1) is 11.2 Å². The van der Waals surface area contributed by atoms with Gasteiger partial charge >= 0.3 is 0 Å². The maximum absolute atomic E-state index is 14.0. The van der Waals surface area contributed by atoms with Gasteiger partial charge in [-0.05, 0) is 81.0 Å². The second-order valence-corrected chi connectivity index (χ2v) is 12.7. The number of halogens is 3. The third-order valence-electron chi connectivity index (χ3n) is 8.28. The quantitative estimate of drug-likeness (QED) is 0.267. The lowest BCUT2D eigenvalue weighted by atomic mass is 9.51. The second kappa shape index (κ2) is 8.67. The molecule has 37 heavy (non-hydrogen) atoms. The van der Waals surface area contributed by atoms with Gasteiger partial charge in [-0.2, -0.15) is 4.98 Å². The molecule has 3 saturated carbocycles. The zero-order chi connectivity index (χ0) is 25.4. The fourth-order valence-corrected chi connectivity index (χ4v) is 7.87. The second-order valence-electron chi connectivity index (χ2n) is 10.9. The van der Waals surface area contributed by atoms with Crippen LogP contribution >= 0.6 is 34.5 Å². The molecule has 3 aliphatic rings. The summed E-state index contributed by atoms with van der Waals surface area (Å²) >= 11 is 14.4. The van der Waals surface area contributed by atoms with Gasteiger partial charge in [0.15, 0.2) is 0 Å². The number of para-hydroxylation sites is 1. The number of aromatic nitrogens is 2. The molecule has 1 N–H and O–H groups in total. The molecule has 0 aliphatic heterocycles. The van der Waals surface area contributed by atoms with Gasteiger partial charge in [-0.1, -0.05) is 51.8 Å². The zero-order valence-corrected chi connectivity index (χ0v) is 22.3. The van der Waals surface area contributed by atoms with Crippen LogP contribution in [-0.2, 0) is 5.60 Å². The van der Waals surface area contributed by atoms with E-state index in [2.05, 4.69) is 10.1 Å². The highest BCUT2D eigenvalue weighted by atomic mass is 35.5. The number of aliphatic hydroxyl groups is 1. The Bertz CT molecular complexity index is 1480. The number of nitrogens with zero attached hydrogens (tertiary/aromatic N) is 2. The van der Waals surface area contributed by atoms with Crippen molar-refractivity contribution in [2.45, 2.75) is 69.0 Å². The fraction of sp³-hybridized carbons (Fsp3) is 0.429. The van der Waals surface area contributed by atoms with Crippen LogP contribution in [-0.4, -0.2) is 21.4 Å². The van der Waals surface area contributed by atoms with Crippen molar-refractivity contribution in [1.82, 2.24) is 10.1 Å². The van der Waals surface area contributed by atoms with Crippen molar-refractivity contribution in [3.63, 3.8) is 0 Å². The Morgan fingerprint density at radius 3 is 2.41 bits per heavy atom. The Hall–Kier alpha value is -2.19. The molecule has 4 aromatic rings. The molecular formula is C28H25Cl2FN2O3S. The van der Waals surface area contributed by atoms with Crippen LogP contribution < -0.4 is 4.74 Å². The summed E-state index contributed by atoms with van der Waals surface area (Å²) in [5.41, 5.74) is 1.35. The number of thiazole rings is 1. The predicted molar refractivity (Wildman–Crippen MR) is 142 cm³/mol. The highest BCUT2D eigenvalue weighted by molar-refractivity contribution is 7.20. The fourth-order valence-electron chi connectivity index (χ4n) is 6.40. The first-order valence-corrected chi connectivity index (χ1v) is 14.3. The lowest BCUT2D eigenvalue weighted by molar-refractivity contribution is -0.156. The maximum Gasteiger partial charge on any atom is 0.274 e. The van der Waals surface area contributed by atoms with Gasteiger partial charge in [-0.15, -0.1) is 0 Å². The summed E-state index contributed by atoms with van der Waals surface area (Å²) in [4.78, 5) is 4.36. The molecule has 5 nitrogen and oxygen atoms in total. The molecule has 9 heteroatoms. The number of benzene rings is 2. The molecule has 0 amide bonds. The lowest BCUT2D eigenvalue weighted by Gasteiger charge is -2.56.